The maximum atomic E-state index is 9.93. The molecule has 38 valence electrons. The van der Waals surface area contributed by atoms with Crippen molar-refractivity contribution in [2.75, 3.05) is 0 Å². The van der Waals surface area contributed by atoms with Crippen molar-refractivity contribution in [3.05, 3.63) is 0 Å². The Bertz CT molecular complexity index is 143. The zero-order valence-corrected chi connectivity index (χ0v) is 3.66. The fraction of sp³-hybridized carbons (Fsp3) is 0.500. The van der Waals surface area contributed by atoms with Gasteiger partial charge in [0.2, 0.25) is 6.08 Å². The average molecular weight is 101 g/mol. The summed E-state index contributed by atoms with van der Waals surface area (Å²) < 4.78 is 4.01. The second kappa shape index (κ2) is 1.18. The normalized spacial score (nSPS) is 9.29. The molecular formula is C2H3N3O2. The summed E-state index contributed by atoms with van der Waals surface area (Å²) in [6.45, 7) is 0. The molecule has 0 aromatic carbocycles. The highest BCUT2D eigenvalue weighted by Gasteiger charge is 1.91. The van der Waals surface area contributed by atoms with Crippen LogP contribution in [0.2, 0.25) is 0 Å². The first-order valence-electron chi connectivity index (χ1n) is 1.66. The Morgan fingerprint density at radius 1 is 1.86 bits per heavy atom. The second-order valence-corrected chi connectivity index (χ2v) is 1.03. The van der Waals surface area contributed by atoms with E-state index < -0.39 is 6.08 Å². The molecule has 0 unspecified atom stereocenters. The topological polar surface area (TPSA) is 65.9 Å². The summed E-state index contributed by atoms with van der Waals surface area (Å²) in [5.41, 5.74) is 0. The fourth-order valence-electron chi connectivity index (χ4n) is 0.249. The molecule has 0 bridgehead atoms. The van der Waals surface area contributed by atoms with Crippen LogP contribution in [0, 0.1) is 0 Å². The van der Waals surface area contributed by atoms with Crippen molar-refractivity contribution >= 4 is 0 Å². The first kappa shape index (κ1) is 4.04. The summed E-state index contributed by atoms with van der Waals surface area (Å²) >= 11 is 0. The van der Waals surface area contributed by atoms with Crippen molar-refractivity contribution < 1.29 is 14.4 Å². The van der Waals surface area contributed by atoms with Crippen LogP contribution < -0.4 is 9.90 Å². The first-order chi connectivity index (χ1) is 3.29. The van der Waals surface area contributed by atoms with Gasteiger partial charge in [0.1, 0.15) is 5.27 Å². The SMILES string of the molecule is C[n+]1noc([O-])n1. The molecule has 0 saturated heterocycles. The molecule has 0 radical (unpaired) electrons. The predicted octanol–water partition coefficient (Wildman–Crippen LogP) is -2.03. The maximum Gasteiger partial charge on any atom is 0.247 e. The summed E-state index contributed by atoms with van der Waals surface area (Å²) in [6, 6.07) is 0. The van der Waals surface area contributed by atoms with Crippen molar-refractivity contribution in [3.8, 4) is 6.08 Å². The Morgan fingerprint density at radius 3 is 2.71 bits per heavy atom. The van der Waals surface area contributed by atoms with Crippen LogP contribution in [-0.2, 0) is 7.05 Å². The minimum Gasteiger partial charge on any atom is -0.523 e. The quantitative estimate of drug-likeness (QED) is 0.353. The number of aryl methyl sites for hydroxylation is 1. The van der Waals surface area contributed by atoms with Gasteiger partial charge in [0, 0.05) is 9.90 Å². The zero-order valence-electron chi connectivity index (χ0n) is 3.66. The van der Waals surface area contributed by atoms with E-state index in [4.69, 9.17) is 0 Å². The van der Waals surface area contributed by atoms with Crippen LogP contribution in [0.4, 0.5) is 0 Å². The summed E-state index contributed by atoms with van der Waals surface area (Å²) in [6.07, 6.45) is -0.664. The van der Waals surface area contributed by atoms with E-state index in [9.17, 15) is 5.11 Å². The molecule has 0 atom stereocenters. The van der Waals surface area contributed by atoms with Gasteiger partial charge in [-0.3, -0.25) is 0 Å². The molecule has 0 fully saturated rings. The lowest BCUT2D eigenvalue weighted by molar-refractivity contribution is -0.792. The molecule has 5 nitrogen and oxygen atoms in total. The lowest BCUT2D eigenvalue weighted by atomic mass is 11.3. The van der Waals surface area contributed by atoms with Gasteiger partial charge in [-0.05, 0) is 0 Å². The molecular weight excluding hydrogens is 98.0 g/mol. The molecule has 0 spiro atoms. The highest BCUT2D eigenvalue weighted by Crippen LogP contribution is 1.82. The molecule has 0 aliphatic carbocycles. The predicted molar refractivity (Wildman–Crippen MR) is 14.9 cm³/mol. The number of nitrogens with zero attached hydrogens (tertiary/aromatic N) is 3. The molecule has 0 N–H and O–H groups in total. The van der Waals surface area contributed by atoms with E-state index in [0.717, 1.165) is 4.80 Å². The molecule has 5 heteroatoms. The van der Waals surface area contributed by atoms with Crippen molar-refractivity contribution in [2.24, 2.45) is 7.05 Å². The molecule has 0 saturated carbocycles. The standard InChI is InChI=1S/C2H3N3O2/c1-5-3-2(6)7-4-5/h1H3. The van der Waals surface area contributed by atoms with E-state index in [0.29, 0.717) is 0 Å². The third kappa shape index (κ3) is 0.648. The summed E-state index contributed by atoms with van der Waals surface area (Å²) in [5, 5.41) is 16.3. The van der Waals surface area contributed by atoms with E-state index in [1.807, 2.05) is 0 Å². The van der Waals surface area contributed by atoms with Crippen molar-refractivity contribution in [1.82, 2.24) is 10.4 Å². The molecule has 1 aromatic heterocycles. The Balaban J connectivity index is 3.04. The lowest BCUT2D eigenvalue weighted by Gasteiger charge is -1.71. The van der Waals surface area contributed by atoms with E-state index >= 15 is 0 Å². The highest BCUT2D eigenvalue weighted by atomic mass is 16.6. The van der Waals surface area contributed by atoms with Crippen LogP contribution in [-0.4, -0.2) is 10.4 Å². The number of hydrogen-bond acceptors (Lipinski definition) is 4. The highest BCUT2D eigenvalue weighted by molar-refractivity contribution is 4.59. The molecule has 7 heavy (non-hydrogen) atoms. The Labute approximate surface area is 39.1 Å². The lowest BCUT2D eigenvalue weighted by Crippen LogP contribution is -2.33. The van der Waals surface area contributed by atoms with E-state index in [1.165, 1.54) is 7.05 Å². The Hall–Kier alpha value is -1.13. The van der Waals surface area contributed by atoms with Gasteiger partial charge in [0.15, 0.2) is 7.05 Å². The van der Waals surface area contributed by atoms with Crippen molar-refractivity contribution in [3.63, 3.8) is 0 Å². The monoisotopic (exact) mass is 101 g/mol. The van der Waals surface area contributed by atoms with Gasteiger partial charge in [-0.25, -0.2) is 0 Å². The van der Waals surface area contributed by atoms with E-state index in [-0.39, 0.29) is 0 Å². The third-order valence-corrected chi connectivity index (χ3v) is 0.463. The summed E-state index contributed by atoms with van der Waals surface area (Å²) in [7, 11) is 1.50. The van der Waals surface area contributed by atoms with Gasteiger partial charge in [0.25, 0.3) is 0 Å². The summed E-state index contributed by atoms with van der Waals surface area (Å²) in [4.78, 5) is 1.06. The van der Waals surface area contributed by atoms with Crippen LogP contribution >= 0.6 is 0 Å². The largest absolute Gasteiger partial charge is 0.523 e. The molecule has 1 heterocycles. The number of aromatic nitrogens is 3. The van der Waals surface area contributed by atoms with Crippen LogP contribution in [0.1, 0.15) is 0 Å². The zero-order chi connectivity index (χ0) is 5.28. The minimum atomic E-state index is -0.664. The first-order valence-corrected chi connectivity index (χ1v) is 1.66. The Kier molecular flexibility index (Phi) is 0.680. The third-order valence-electron chi connectivity index (χ3n) is 0.463. The van der Waals surface area contributed by atoms with Gasteiger partial charge >= 0.3 is 0 Å². The van der Waals surface area contributed by atoms with Gasteiger partial charge in [-0.2, -0.15) is 0 Å². The van der Waals surface area contributed by atoms with Crippen LogP contribution in [0.5, 0.6) is 6.08 Å². The van der Waals surface area contributed by atoms with Crippen LogP contribution in [0.15, 0.2) is 4.52 Å². The smallest absolute Gasteiger partial charge is 0.247 e. The number of hydrogen-bond donors (Lipinski definition) is 0. The van der Waals surface area contributed by atoms with Crippen molar-refractivity contribution in [2.45, 2.75) is 0 Å². The van der Waals surface area contributed by atoms with Gasteiger partial charge in [-0.15, -0.1) is 0 Å². The van der Waals surface area contributed by atoms with Gasteiger partial charge < -0.3 is 9.63 Å². The van der Waals surface area contributed by atoms with Crippen LogP contribution in [0.25, 0.3) is 0 Å². The fourth-order valence-corrected chi connectivity index (χ4v) is 0.249. The van der Waals surface area contributed by atoms with E-state index in [1.54, 1.807) is 0 Å². The Morgan fingerprint density at radius 2 is 2.57 bits per heavy atom. The maximum absolute atomic E-state index is 9.93. The summed E-state index contributed by atoms with van der Waals surface area (Å²) in [5.74, 6) is 0. The molecule has 1 aromatic rings. The van der Waals surface area contributed by atoms with Gasteiger partial charge in [0.05, 0.1) is 0 Å². The van der Waals surface area contributed by atoms with E-state index in [2.05, 4.69) is 14.9 Å². The van der Waals surface area contributed by atoms with Gasteiger partial charge in [-0.1, -0.05) is 0 Å². The van der Waals surface area contributed by atoms with Crippen molar-refractivity contribution in [1.29, 1.82) is 0 Å². The molecule has 0 aliphatic heterocycles. The number of rotatable bonds is 0. The second-order valence-electron chi connectivity index (χ2n) is 1.03. The average Bonchev–Trinajstić information content (AvgIpc) is 1.87. The molecule has 1 rings (SSSR count). The molecule has 0 aliphatic rings. The van der Waals surface area contributed by atoms with Crippen LogP contribution in [0.3, 0.4) is 0 Å². The minimum absolute atomic E-state index is 0.664. The molecule has 0 amide bonds.